The average Bonchev–Trinajstić information content (AvgIpc) is 2.88. The highest BCUT2D eigenvalue weighted by atomic mass is 35.5. The number of imidazole rings is 1. The van der Waals surface area contributed by atoms with E-state index in [0.717, 1.165) is 32.5 Å². The van der Waals surface area contributed by atoms with Gasteiger partial charge in [-0.05, 0) is 39.3 Å². The number of rotatable bonds is 7. The molecule has 8 nitrogen and oxygen atoms in total. The zero-order valence-electron chi connectivity index (χ0n) is 15.0. The second-order valence-electron chi connectivity index (χ2n) is 6.27. The topological polar surface area (TPSA) is 96.3 Å². The number of hydrogen-bond donors (Lipinski definition) is 2. The standard InChI is InChI=1S/C15H27N5O3S.ClH/c1-12-18-14(11-19(12)3)24(22,23)17-7-4-15(21)20-8-5-13(6-9-20)10-16-2;/h11,13,16-17H,4-10H2,1-3H3;1H. The van der Waals surface area contributed by atoms with Crippen LogP contribution < -0.4 is 10.0 Å². The van der Waals surface area contributed by atoms with Crippen molar-refractivity contribution in [3.05, 3.63) is 12.0 Å². The van der Waals surface area contributed by atoms with Gasteiger partial charge in [-0.1, -0.05) is 0 Å². The molecule has 0 saturated carbocycles. The number of nitrogens with zero attached hydrogens (tertiary/aromatic N) is 3. The summed E-state index contributed by atoms with van der Waals surface area (Å²) in [5, 5.41) is 3.15. The Labute approximate surface area is 155 Å². The molecule has 0 aromatic carbocycles. The predicted molar refractivity (Wildman–Crippen MR) is 98.2 cm³/mol. The van der Waals surface area contributed by atoms with Gasteiger partial charge in [-0.25, -0.2) is 18.1 Å². The van der Waals surface area contributed by atoms with Crippen LogP contribution in [0.15, 0.2) is 11.2 Å². The van der Waals surface area contributed by atoms with Crippen molar-refractivity contribution in [1.82, 2.24) is 24.5 Å². The summed E-state index contributed by atoms with van der Waals surface area (Å²) in [4.78, 5) is 18.0. The lowest BCUT2D eigenvalue weighted by Gasteiger charge is -2.32. The second-order valence-corrected chi connectivity index (χ2v) is 7.98. The maximum absolute atomic E-state index is 12.2. The third-order valence-corrected chi connectivity index (χ3v) is 5.78. The van der Waals surface area contributed by atoms with E-state index in [-0.39, 0.29) is 36.3 Å². The van der Waals surface area contributed by atoms with E-state index in [2.05, 4.69) is 15.0 Å². The van der Waals surface area contributed by atoms with Crippen molar-refractivity contribution in [2.75, 3.05) is 33.2 Å². The molecule has 25 heavy (non-hydrogen) atoms. The summed E-state index contributed by atoms with van der Waals surface area (Å²) in [6.45, 7) is 4.30. The Kier molecular flexibility index (Phi) is 8.33. The zero-order valence-corrected chi connectivity index (χ0v) is 16.6. The molecule has 0 unspecified atom stereocenters. The molecule has 2 rings (SSSR count). The molecule has 0 atom stereocenters. The molecule has 0 radical (unpaired) electrons. The van der Waals surface area contributed by atoms with Crippen LogP contribution in [0.3, 0.4) is 0 Å². The molecule has 1 aliphatic heterocycles. The van der Waals surface area contributed by atoms with Crippen molar-refractivity contribution >= 4 is 28.3 Å². The second kappa shape index (κ2) is 9.51. The SMILES string of the molecule is CNCC1CCN(C(=O)CCNS(=O)(=O)c2cn(C)c(C)n2)CC1.Cl. The minimum absolute atomic E-state index is 0. The van der Waals surface area contributed by atoms with Crippen molar-refractivity contribution in [3.8, 4) is 0 Å². The summed E-state index contributed by atoms with van der Waals surface area (Å²) in [7, 11) is 0.0105. The first-order valence-electron chi connectivity index (χ1n) is 8.25. The van der Waals surface area contributed by atoms with E-state index in [0.29, 0.717) is 11.7 Å². The minimum atomic E-state index is -3.67. The number of carbonyl (C=O) groups is 1. The number of likely N-dealkylation sites (tertiary alicyclic amines) is 1. The Balaban J connectivity index is 0.00000312. The summed E-state index contributed by atoms with van der Waals surface area (Å²) in [5.74, 6) is 1.23. The number of halogens is 1. The first-order chi connectivity index (χ1) is 11.3. The number of piperidine rings is 1. The molecule has 1 aliphatic rings. The minimum Gasteiger partial charge on any atom is -0.343 e. The maximum atomic E-state index is 12.2. The molecule has 1 amide bonds. The Hall–Kier alpha value is -1.16. The van der Waals surface area contributed by atoms with Gasteiger partial charge in [-0.15, -0.1) is 12.4 Å². The molecule has 0 aliphatic carbocycles. The molecule has 0 bridgehead atoms. The largest absolute Gasteiger partial charge is 0.343 e. The van der Waals surface area contributed by atoms with Crippen LogP contribution in [0.25, 0.3) is 0 Å². The van der Waals surface area contributed by atoms with Crippen LogP contribution >= 0.6 is 12.4 Å². The van der Waals surface area contributed by atoms with E-state index in [4.69, 9.17) is 0 Å². The van der Waals surface area contributed by atoms with E-state index in [1.165, 1.54) is 6.20 Å². The predicted octanol–water partition coefficient (Wildman–Crippen LogP) is 0.277. The van der Waals surface area contributed by atoms with E-state index >= 15 is 0 Å². The van der Waals surface area contributed by atoms with Gasteiger partial charge >= 0.3 is 0 Å². The summed E-state index contributed by atoms with van der Waals surface area (Å²) < 4.78 is 28.4. The van der Waals surface area contributed by atoms with Crippen LogP contribution in [0.5, 0.6) is 0 Å². The smallest absolute Gasteiger partial charge is 0.259 e. The molecule has 1 aromatic rings. The Bertz CT molecular complexity index is 649. The first kappa shape index (κ1) is 21.9. The highest BCUT2D eigenvalue weighted by molar-refractivity contribution is 7.89. The van der Waals surface area contributed by atoms with Gasteiger partial charge in [0.2, 0.25) is 5.91 Å². The van der Waals surface area contributed by atoms with E-state index < -0.39 is 10.0 Å². The number of aromatic nitrogens is 2. The number of nitrogens with one attached hydrogen (secondary N) is 2. The van der Waals surface area contributed by atoms with Gasteiger partial charge in [0.1, 0.15) is 5.82 Å². The Morgan fingerprint density at radius 2 is 2.00 bits per heavy atom. The summed E-state index contributed by atoms with van der Waals surface area (Å²) >= 11 is 0. The van der Waals surface area contributed by atoms with Gasteiger partial charge < -0.3 is 14.8 Å². The molecule has 1 fully saturated rings. The van der Waals surface area contributed by atoms with Crippen LogP contribution in [0.2, 0.25) is 0 Å². The van der Waals surface area contributed by atoms with Crippen molar-refractivity contribution in [2.45, 2.75) is 31.2 Å². The fraction of sp³-hybridized carbons (Fsp3) is 0.733. The fourth-order valence-corrected chi connectivity index (χ4v) is 3.92. The number of hydrogen-bond acceptors (Lipinski definition) is 5. The third-order valence-electron chi connectivity index (χ3n) is 4.45. The van der Waals surface area contributed by atoms with Gasteiger partial charge in [0.05, 0.1) is 0 Å². The van der Waals surface area contributed by atoms with Crippen LogP contribution in [-0.4, -0.2) is 62.0 Å². The van der Waals surface area contributed by atoms with Crippen LogP contribution in [0.4, 0.5) is 0 Å². The van der Waals surface area contributed by atoms with E-state index in [9.17, 15) is 13.2 Å². The number of sulfonamides is 1. The van der Waals surface area contributed by atoms with Crippen molar-refractivity contribution in [2.24, 2.45) is 13.0 Å². The van der Waals surface area contributed by atoms with Crippen molar-refractivity contribution < 1.29 is 13.2 Å². The van der Waals surface area contributed by atoms with Crippen molar-refractivity contribution in [3.63, 3.8) is 0 Å². The van der Waals surface area contributed by atoms with Gasteiger partial charge in [-0.2, -0.15) is 0 Å². The molecular weight excluding hydrogens is 366 g/mol. The highest BCUT2D eigenvalue weighted by Crippen LogP contribution is 2.17. The molecule has 10 heteroatoms. The summed E-state index contributed by atoms with van der Waals surface area (Å²) in [6, 6.07) is 0. The third kappa shape index (κ3) is 5.95. The lowest BCUT2D eigenvalue weighted by molar-refractivity contribution is -0.132. The molecular formula is C15H28ClN5O3S. The van der Waals surface area contributed by atoms with Gasteiger partial charge in [-0.3, -0.25) is 4.79 Å². The monoisotopic (exact) mass is 393 g/mol. The first-order valence-corrected chi connectivity index (χ1v) is 9.74. The summed E-state index contributed by atoms with van der Waals surface area (Å²) in [5.41, 5.74) is 0. The van der Waals surface area contributed by atoms with Gasteiger partial charge in [0.15, 0.2) is 5.03 Å². The number of amides is 1. The number of aryl methyl sites for hydroxylation is 2. The Morgan fingerprint density at radius 3 is 2.52 bits per heavy atom. The maximum Gasteiger partial charge on any atom is 0.259 e. The molecule has 0 spiro atoms. The normalized spacial score (nSPS) is 15.9. The summed E-state index contributed by atoms with van der Waals surface area (Å²) in [6.07, 6.45) is 3.62. The van der Waals surface area contributed by atoms with Gasteiger partial charge in [0.25, 0.3) is 10.0 Å². The fourth-order valence-electron chi connectivity index (χ4n) is 2.86. The van der Waals surface area contributed by atoms with Crippen LogP contribution in [0.1, 0.15) is 25.1 Å². The quantitative estimate of drug-likeness (QED) is 0.693. The lowest BCUT2D eigenvalue weighted by atomic mass is 9.96. The number of carbonyl (C=O) groups excluding carboxylic acids is 1. The Morgan fingerprint density at radius 1 is 1.36 bits per heavy atom. The molecule has 144 valence electrons. The van der Waals surface area contributed by atoms with Crippen LogP contribution in [0, 0.1) is 12.8 Å². The molecule has 2 N–H and O–H groups in total. The van der Waals surface area contributed by atoms with Crippen molar-refractivity contribution in [1.29, 1.82) is 0 Å². The van der Waals surface area contributed by atoms with E-state index in [1.54, 1.807) is 18.5 Å². The van der Waals surface area contributed by atoms with Crippen LogP contribution in [-0.2, 0) is 21.9 Å². The molecule has 1 aromatic heterocycles. The highest BCUT2D eigenvalue weighted by Gasteiger charge is 2.23. The average molecular weight is 394 g/mol. The lowest BCUT2D eigenvalue weighted by Crippen LogP contribution is -2.41. The molecule has 2 heterocycles. The zero-order chi connectivity index (χ0) is 17.7. The molecule has 1 saturated heterocycles. The van der Waals surface area contributed by atoms with E-state index in [1.807, 2.05) is 11.9 Å². The van der Waals surface area contributed by atoms with Gasteiger partial charge in [0, 0.05) is 39.3 Å².